The van der Waals surface area contributed by atoms with Gasteiger partial charge in [-0.3, -0.25) is 0 Å². The topological polar surface area (TPSA) is 4.93 Å². The predicted octanol–water partition coefficient (Wildman–Crippen LogP) is 4.27. The van der Waals surface area contributed by atoms with Crippen molar-refractivity contribution in [1.82, 2.24) is 4.57 Å². The maximum atomic E-state index is 2.41. The van der Waals surface area contributed by atoms with Gasteiger partial charge < -0.3 is 4.57 Å². The second-order valence-corrected chi connectivity index (χ2v) is 6.70. The van der Waals surface area contributed by atoms with E-state index in [1.165, 1.54) is 19.3 Å². The molecule has 0 aromatic carbocycles. The molecule has 1 saturated carbocycles. The lowest BCUT2D eigenvalue weighted by Gasteiger charge is -2.45. The second-order valence-electron chi connectivity index (χ2n) is 6.70. The van der Waals surface area contributed by atoms with Crippen LogP contribution in [-0.4, -0.2) is 4.57 Å². The molecule has 0 saturated heterocycles. The van der Waals surface area contributed by atoms with E-state index in [1.54, 1.807) is 0 Å². The van der Waals surface area contributed by atoms with Crippen LogP contribution in [0.15, 0.2) is 24.5 Å². The fourth-order valence-corrected chi connectivity index (χ4v) is 3.59. The van der Waals surface area contributed by atoms with Crippen LogP contribution in [0.1, 0.15) is 53.0 Å². The lowest BCUT2D eigenvalue weighted by molar-refractivity contribution is 0.0724. The third-order valence-corrected chi connectivity index (χ3v) is 3.58. The Hall–Kier alpha value is -0.720. The summed E-state index contributed by atoms with van der Waals surface area (Å²) in [4.78, 5) is 0. The molecule has 0 unspecified atom stereocenters. The van der Waals surface area contributed by atoms with Gasteiger partial charge in [-0.25, -0.2) is 0 Å². The Morgan fingerprint density at radius 2 is 1.40 bits per heavy atom. The van der Waals surface area contributed by atoms with Gasteiger partial charge in [0.25, 0.3) is 0 Å². The molecule has 1 aromatic heterocycles. The molecule has 84 valence electrons. The first-order valence-electron chi connectivity index (χ1n) is 6.01. The Labute approximate surface area is 93.5 Å². The van der Waals surface area contributed by atoms with Gasteiger partial charge in [0.2, 0.25) is 0 Å². The predicted molar refractivity (Wildman–Crippen MR) is 64.9 cm³/mol. The molecule has 1 aliphatic carbocycles. The lowest BCUT2D eigenvalue weighted by atomic mass is 9.63. The van der Waals surface area contributed by atoms with Crippen molar-refractivity contribution < 1.29 is 0 Å². The molecular weight excluding hydrogens is 182 g/mol. The Morgan fingerprint density at radius 1 is 0.933 bits per heavy atom. The van der Waals surface area contributed by atoms with Crippen LogP contribution < -0.4 is 0 Å². The minimum Gasteiger partial charge on any atom is -0.351 e. The van der Waals surface area contributed by atoms with Gasteiger partial charge >= 0.3 is 0 Å². The third-order valence-electron chi connectivity index (χ3n) is 3.58. The Kier molecular flexibility index (Phi) is 2.44. The fourth-order valence-electron chi connectivity index (χ4n) is 3.59. The van der Waals surface area contributed by atoms with Crippen LogP contribution in [0.3, 0.4) is 0 Å². The minimum atomic E-state index is 0.483. The number of aromatic nitrogens is 1. The normalized spacial score (nSPS) is 25.3. The van der Waals surface area contributed by atoms with E-state index in [-0.39, 0.29) is 0 Å². The van der Waals surface area contributed by atoms with Crippen LogP contribution in [0.5, 0.6) is 0 Å². The Bertz CT molecular complexity index is 303. The summed E-state index contributed by atoms with van der Waals surface area (Å²) in [6, 6.07) is 4.96. The SMILES string of the molecule is CC1(C)CC(n2cccc2)CC(C)(C)C1. The number of hydrogen-bond acceptors (Lipinski definition) is 0. The Morgan fingerprint density at radius 3 is 1.87 bits per heavy atom. The highest BCUT2D eigenvalue weighted by molar-refractivity contribution is 4.98. The monoisotopic (exact) mass is 205 g/mol. The summed E-state index contributed by atoms with van der Waals surface area (Å²) in [5.74, 6) is 0. The molecule has 1 heteroatoms. The number of rotatable bonds is 1. The van der Waals surface area contributed by atoms with Crippen LogP contribution in [0, 0.1) is 10.8 Å². The van der Waals surface area contributed by atoms with Gasteiger partial charge in [-0.15, -0.1) is 0 Å². The van der Waals surface area contributed by atoms with Crippen molar-refractivity contribution >= 4 is 0 Å². The summed E-state index contributed by atoms with van der Waals surface area (Å²) in [5, 5.41) is 0. The van der Waals surface area contributed by atoms with E-state index in [0.29, 0.717) is 16.9 Å². The summed E-state index contributed by atoms with van der Waals surface area (Å²) >= 11 is 0. The molecule has 1 aliphatic rings. The maximum absolute atomic E-state index is 2.41. The average molecular weight is 205 g/mol. The van der Waals surface area contributed by atoms with E-state index < -0.39 is 0 Å². The minimum absolute atomic E-state index is 0.483. The fraction of sp³-hybridized carbons (Fsp3) is 0.714. The first kappa shape index (κ1) is 10.8. The third kappa shape index (κ3) is 2.45. The van der Waals surface area contributed by atoms with Gasteiger partial charge in [-0.05, 0) is 42.2 Å². The summed E-state index contributed by atoms with van der Waals surface area (Å²) < 4.78 is 2.39. The van der Waals surface area contributed by atoms with E-state index in [1.807, 2.05) is 0 Å². The number of hydrogen-bond donors (Lipinski definition) is 0. The highest BCUT2D eigenvalue weighted by atomic mass is 15.0. The number of nitrogens with zero attached hydrogens (tertiary/aromatic N) is 1. The second kappa shape index (κ2) is 3.40. The molecule has 1 heterocycles. The molecule has 0 N–H and O–H groups in total. The largest absolute Gasteiger partial charge is 0.351 e. The van der Waals surface area contributed by atoms with E-state index in [0.717, 1.165) is 0 Å². The molecule has 15 heavy (non-hydrogen) atoms. The Balaban J connectivity index is 2.21. The molecule has 1 nitrogen and oxygen atoms in total. The van der Waals surface area contributed by atoms with Gasteiger partial charge in [0.05, 0.1) is 0 Å². The van der Waals surface area contributed by atoms with E-state index >= 15 is 0 Å². The highest BCUT2D eigenvalue weighted by Crippen LogP contribution is 2.49. The molecule has 0 radical (unpaired) electrons. The van der Waals surface area contributed by atoms with Crippen molar-refractivity contribution in [3.63, 3.8) is 0 Å². The van der Waals surface area contributed by atoms with Crippen LogP contribution in [0.25, 0.3) is 0 Å². The lowest BCUT2D eigenvalue weighted by Crippen LogP contribution is -2.34. The first-order chi connectivity index (χ1) is 6.88. The van der Waals surface area contributed by atoms with E-state index in [4.69, 9.17) is 0 Å². The van der Waals surface area contributed by atoms with E-state index in [9.17, 15) is 0 Å². The van der Waals surface area contributed by atoms with Crippen molar-refractivity contribution in [1.29, 1.82) is 0 Å². The zero-order valence-corrected chi connectivity index (χ0v) is 10.5. The molecule has 0 aliphatic heterocycles. The molecule has 2 rings (SSSR count). The van der Waals surface area contributed by atoms with E-state index in [2.05, 4.69) is 56.8 Å². The van der Waals surface area contributed by atoms with Gasteiger partial charge in [0, 0.05) is 18.4 Å². The molecule has 0 spiro atoms. The van der Waals surface area contributed by atoms with Crippen molar-refractivity contribution in [2.45, 2.75) is 53.0 Å². The quantitative estimate of drug-likeness (QED) is 0.645. The molecule has 0 bridgehead atoms. The molecular formula is C14H23N. The average Bonchev–Trinajstić information content (AvgIpc) is 2.48. The van der Waals surface area contributed by atoms with Crippen molar-refractivity contribution in [2.24, 2.45) is 10.8 Å². The molecule has 0 amide bonds. The molecule has 0 atom stereocenters. The standard InChI is InChI=1S/C14H23N/c1-13(2)9-12(10-14(3,4)11-13)15-7-5-6-8-15/h5-8,12H,9-11H2,1-4H3. The maximum Gasteiger partial charge on any atom is 0.0340 e. The smallest absolute Gasteiger partial charge is 0.0340 e. The summed E-state index contributed by atoms with van der Waals surface area (Å²) in [5.41, 5.74) is 0.966. The van der Waals surface area contributed by atoms with Crippen LogP contribution in [0.2, 0.25) is 0 Å². The first-order valence-corrected chi connectivity index (χ1v) is 6.01. The van der Waals surface area contributed by atoms with Gasteiger partial charge in [-0.2, -0.15) is 0 Å². The van der Waals surface area contributed by atoms with Crippen molar-refractivity contribution in [2.75, 3.05) is 0 Å². The van der Waals surface area contributed by atoms with Crippen LogP contribution >= 0.6 is 0 Å². The van der Waals surface area contributed by atoms with Crippen molar-refractivity contribution in [3.05, 3.63) is 24.5 Å². The zero-order valence-electron chi connectivity index (χ0n) is 10.5. The van der Waals surface area contributed by atoms with Gasteiger partial charge in [0.1, 0.15) is 0 Å². The summed E-state index contributed by atoms with van der Waals surface area (Å²) in [7, 11) is 0. The summed E-state index contributed by atoms with van der Waals surface area (Å²) in [6.07, 6.45) is 8.39. The summed E-state index contributed by atoms with van der Waals surface area (Å²) in [6.45, 7) is 9.63. The van der Waals surface area contributed by atoms with Crippen LogP contribution in [-0.2, 0) is 0 Å². The van der Waals surface area contributed by atoms with Crippen molar-refractivity contribution in [3.8, 4) is 0 Å². The molecule has 1 aromatic rings. The zero-order chi connectivity index (χ0) is 11.1. The molecule has 1 fully saturated rings. The van der Waals surface area contributed by atoms with Crippen LogP contribution in [0.4, 0.5) is 0 Å². The highest BCUT2D eigenvalue weighted by Gasteiger charge is 2.38. The van der Waals surface area contributed by atoms with Gasteiger partial charge in [-0.1, -0.05) is 27.7 Å². The van der Waals surface area contributed by atoms with Gasteiger partial charge in [0.15, 0.2) is 0 Å².